The molecule has 2 aromatic rings. The van der Waals surface area contributed by atoms with E-state index in [1.807, 2.05) is 6.07 Å². The molecular weight excluding hydrogens is 456 g/mol. The van der Waals surface area contributed by atoms with Crippen molar-refractivity contribution in [3.05, 3.63) is 59.2 Å². The highest BCUT2D eigenvalue weighted by Crippen LogP contribution is 2.51. The molecule has 0 spiro atoms. The minimum absolute atomic E-state index is 0.0131. The Bertz CT molecular complexity index is 1200. The van der Waals surface area contributed by atoms with Gasteiger partial charge in [-0.15, -0.1) is 0 Å². The van der Waals surface area contributed by atoms with E-state index in [9.17, 15) is 24.3 Å². The lowest BCUT2D eigenvalue weighted by Crippen LogP contribution is -2.53. The molecule has 4 atom stereocenters. The number of fused-ring (bicyclic) bond motifs is 1. The number of hydrogen-bond donors (Lipinski definition) is 2. The van der Waals surface area contributed by atoms with Gasteiger partial charge >= 0.3 is 11.9 Å². The molecular formula is C25H26N2O8. The van der Waals surface area contributed by atoms with E-state index >= 15 is 0 Å². The van der Waals surface area contributed by atoms with Gasteiger partial charge in [0.1, 0.15) is 22.6 Å². The number of rotatable bonds is 7. The van der Waals surface area contributed by atoms with Crippen LogP contribution in [0.15, 0.2) is 42.5 Å². The van der Waals surface area contributed by atoms with E-state index in [4.69, 9.17) is 14.2 Å². The van der Waals surface area contributed by atoms with Crippen molar-refractivity contribution in [2.75, 3.05) is 21.3 Å². The van der Waals surface area contributed by atoms with Gasteiger partial charge in [-0.1, -0.05) is 30.3 Å². The number of esters is 1. The number of ether oxygens (including phenoxy) is 3. The minimum atomic E-state index is -1.77. The highest BCUT2D eigenvalue weighted by molar-refractivity contribution is 6.09. The summed E-state index contributed by atoms with van der Waals surface area (Å²) in [6, 6.07) is 11.0. The molecule has 2 aromatic carbocycles. The number of imide groups is 1. The number of benzene rings is 2. The average molecular weight is 482 g/mol. The molecule has 4 rings (SSSR count). The van der Waals surface area contributed by atoms with Gasteiger partial charge in [-0.25, -0.2) is 4.79 Å². The fourth-order valence-corrected chi connectivity index (χ4v) is 5.04. The molecule has 0 saturated carbocycles. The van der Waals surface area contributed by atoms with Crippen molar-refractivity contribution in [1.82, 2.24) is 10.2 Å². The highest BCUT2D eigenvalue weighted by Gasteiger charge is 2.67. The van der Waals surface area contributed by atoms with Crippen LogP contribution in [-0.4, -0.2) is 60.6 Å². The van der Waals surface area contributed by atoms with Gasteiger partial charge in [0.25, 0.3) is 0 Å². The number of carboxylic acids is 1. The Kier molecular flexibility index (Phi) is 6.25. The van der Waals surface area contributed by atoms with Gasteiger partial charge in [0.05, 0.1) is 39.7 Å². The van der Waals surface area contributed by atoms with Crippen LogP contribution in [0.4, 0.5) is 0 Å². The van der Waals surface area contributed by atoms with Crippen LogP contribution in [0.3, 0.4) is 0 Å². The molecule has 10 nitrogen and oxygen atoms in total. The van der Waals surface area contributed by atoms with E-state index in [0.717, 1.165) is 10.5 Å². The minimum Gasteiger partial charge on any atom is -0.497 e. The summed E-state index contributed by atoms with van der Waals surface area (Å²) in [5, 5.41) is 13.1. The molecule has 2 amide bonds. The third-order valence-corrected chi connectivity index (χ3v) is 6.79. The second-order valence-electron chi connectivity index (χ2n) is 8.67. The second kappa shape index (κ2) is 9.03. The predicted octanol–water partition coefficient (Wildman–Crippen LogP) is 1.78. The van der Waals surface area contributed by atoms with Gasteiger partial charge in [0.15, 0.2) is 0 Å². The Morgan fingerprint density at radius 1 is 1.06 bits per heavy atom. The number of amides is 2. The number of carboxylic acid groups (broad SMARTS) is 1. The molecule has 4 unspecified atom stereocenters. The van der Waals surface area contributed by atoms with E-state index in [1.54, 1.807) is 24.3 Å². The van der Waals surface area contributed by atoms with Crippen LogP contribution >= 0.6 is 0 Å². The van der Waals surface area contributed by atoms with Gasteiger partial charge in [-0.2, -0.15) is 0 Å². The van der Waals surface area contributed by atoms with Crippen LogP contribution in [0.1, 0.15) is 34.5 Å². The SMILES string of the molecule is COC(=O)c1c(OC)cc(OC)cc1C1NC(C)(C(=O)O)C2C(=O)N(Cc3ccccc3)C(=O)C12. The standard InChI is InChI=1S/C25H26N2O8/c1-25(24(31)32)19-18(21(28)27(22(19)29)12-13-8-6-5-7-9-13)20(26-25)15-10-14(33-2)11-16(34-3)17(15)23(30)35-4/h5-11,18-20,26H,12H2,1-4H3,(H,31,32). The number of nitrogens with one attached hydrogen (secondary N) is 1. The molecule has 2 N–H and O–H groups in total. The first-order valence-electron chi connectivity index (χ1n) is 10.9. The largest absolute Gasteiger partial charge is 0.497 e. The van der Waals surface area contributed by atoms with Gasteiger partial charge in [0, 0.05) is 12.1 Å². The maximum Gasteiger partial charge on any atom is 0.341 e. The molecule has 2 heterocycles. The lowest BCUT2D eigenvalue weighted by Gasteiger charge is -2.28. The Balaban J connectivity index is 1.87. The summed E-state index contributed by atoms with van der Waals surface area (Å²) < 4.78 is 15.7. The van der Waals surface area contributed by atoms with Gasteiger partial charge < -0.3 is 19.3 Å². The lowest BCUT2D eigenvalue weighted by molar-refractivity contribution is -0.150. The number of hydrogen-bond acceptors (Lipinski definition) is 8. The predicted molar refractivity (Wildman–Crippen MR) is 122 cm³/mol. The van der Waals surface area contributed by atoms with Crippen LogP contribution in [0.25, 0.3) is 0 Å². The zero-order valence-electron chi connectivity index (χ0n) is 19.7. The van der Waals surface area contributed by atoms with Crippen molar-refractivity contribution in [3.8, 4) is 11.5 Å². The summed E-state index contributed by atoms with van der Waals surface area (Å²) in [6.45, 7) is 1.39. The Morgan fingerprint density at radius 2 is 1.74 bits per heavy atom. The first-order chi connectivity index (χ1) is 16.7. The van der Waals surface area contributed by atoms with Crippen LogP contribution in [0.5, 0.6) is 11.5 Å². The lowest BCUT2D eigenvalue weighted by atomic mass is 9.80. The number of carbonyl (C=O) groups is 4. The van der Waals surface area contributed by atoms with Gasteiger partial charge in [0.2, 0.25) is 11.8 Å². The highest BCUT2D eigenvalue weighted by atomic mass is 16.5. The summed E-state index contributed by atoms with van der Waals surface area (Å²) in [5.41, 5.74) is -0.773. The average Bonchev–Trinajstić information content (AvgIpc) is 3.32. The third-order valence-electron chi connectivity index (χ3n) is 6.79. The molecule has 2 fully saturated rings. The molecule has 35 heavy (non-hydrogen) atoms. The first kappa shape index (κ1) is 24.2. The normalized spacial score (nSPS) is 25.4. The van der Waals surface area contributed by atoms with Crippen molar-refractivity contribution in [3.63, 3.8) is 0 Å². The number of aliphatic carboxylic acids is 1. The van der Waals surface area contributed by atoms with Crippen molar-refractivity contribution in [2.45, 2.75) is 25.0 Å². The zero-order valence-corrected chi connectivity index (χ0v) is 19.7. The van der Waals surface area contributed by atoms with Crippen LogP contribution in [0.2, 0.25) is 0 Å². The number of likely N-dealkylation sites (tertiary alicyclic amines) is 1. The number of nitrogens with zero attached hydrogens (tertiary/aromatic N) is 1. The zero-order chi connectivity index (χ0) is 25.5. The van der Waals surface area contributed by atoms with E-state index in [-0.39, 0.29) is 23.4 Å². The topological polar surface area (TPSA) is 131 Å². The molecule has 10 heteroatoms. The summed E-state index contributed by atoms with van der Waals surface area (Å²) in [7, 11) is 3.99. The Morgan fingerprint density at radius 3 is 2.31 bits per heavy atom. The Hall–Kier alpha value is -3.92. The maximum atomic E-state index is 13.6. The molecule has 184 valence electrons. The summed E-state index contributed by atoms with van der Waals surface area (Å²) >= 11 is 0. The fraction of sp³-hybridized carbons (Fsp3) is 0.360. The molecule has 0 bridgehead atoms. The third kappa shape index (κ3) is 3.79. The van der Waals surface area contributed by atoms with Gasteiger partial charge in [-0.05, 0) is 24.1 Å². The molecule has 2 aliphatic rings. The monoisotopic (exact) mass is 482 g/mol. The van der Waals surface area contributed by atoms with Crippen molar-refractivity contribution < 1.29 is 38.5 Å². The van der Waals surface area contributed by atoms with E-state index < -0.39 is 47.2 Å². The first-order valence-corrected chi connectivity index (χ1v) is 10.9. The van der Waals surface area contributed by atoms with Crippen LogP contribution < -0.4 is 14.8 Å². The summed E-state index contributed by atoms with van der Waals surface area (Å²) in [6.07, 6.45) is 0. The van der Waals surface area contributed by atoms with Crippen molar-refractivity contribution >= 4 is 23.8 Å². The van der Waals surface area contributed by atoms with Crippen molar-refractivity contribution in [1.29, 1.82) is 0 Å². The Labute approximate surface area is 201 Å². The maximum absolute atomic E-state index is 13.6. The number of carbonyl (C=O) groups excluding carboxylic acids is 3. The summed E-state index contributed by atoms with van der Waals surface area (Å²) in [4.78, 5) is 53.4. The quantitative estimate of drug-likeness (QED) is 0.448. The van der Waals surface area contributed by atoms with E-state index in [2.05, 4.69) is 5.32 Å². The van der Waals surface area contributed by atoms with E-state index in [0.29, 0.717) is 5.75 Å². The molecule has 2 aliphatic heterocycles. The molecule has 0 radical (unpaired) electrons. The molecule has 0 aromatic heterocycles. The molecule has 2 saturated heterocycles. The van der Waals surface area contributed by atoms with E-state index in [1.165, 1.54) is 40.4 Å². The second-order valence-corrected chi connectivity index (χ2v) is 8.67. The fourth-order valence-electron chi connectivity index (χ4n) is 5.04. The molecule has 0 aliphatic carbocycles. The summed E-state index contributed by atoms with van der Waals surface area (Å²) in [5.74, 6) is -4.94. The van der Waals surface area contributed by atoms with Crippen LogP contribution in [-0.2, 0) is 25.7 Å². The van der Waals surface area contributed by atoms with Gasteiger partial charge in [-0.3, -0.25) is 24.6 Å². The van der Waals surface area contributed by atoms with Crippen LogP contribution in [0, 0.1) is 11.8 Å². The van der Waals surface area contributed by atoms with Crippen molar-refractivity contribution in [2.24, 2.45) is 11.8 Å². The number of methoxy groups -OCH3 is 3. The smallest absolute Gasteiger partial charge is 0.341 e.